The van der Waals surface area contributed by atoms with E-state index in [0.717, 1.165) is 42.4 Å². The van der Waals surface area contributed by atoms with E-state index in [0.29, 0.717) is 5.41 Å². The van der Waals surface area contributed by atoms with Gasteiger partial charge in [0.15, 0.2) is 0 Å². The first-order valence-electron chi connectivity index (χ1n) is 7.68. The summed E-state index contributed by atoms with van der Waals surface area (Å²) in [7, 11) is 0. The van der Waals surface area contributed by atoms with Gasteiger partial charge in [-0.05, 0) is 67.1 Å². The van der Waals surface area contributed by atoms with E-state index in [9.17, 15) is 5.11 Å². The topological polar surface area (TPSA) is 20.2 Å². The third kappa shape index (κ3) is 1.77. The maximum Gasteiger partial charge on any atom is 0.0543 e. The number of aliphatic hydroxyl groups excluding tert-OH is 1. The van der Waals surface area contributed by atoms with Crippen molar-refractivity contribution in [2.45, 2.75) is 65.4 Å². The van der Waals surface area contributed by atoms with E-state index in [1.165, 1.54) is 25.7 Å². The summed E-state index contributed by atoms with van der Waals surface area (Å²) < 4.78 is 0. The van der Waals surface area contributed by atoms with Crippen molar-refractivity contribution in [2.75, 3.05) is 0 Å². The fourth-order valence-corrected chi connectivity index (χ4v) is 5.34. The molecule has 3 fully saturated rings. The van der Waals surface area contributed by atoms with E-state index in [4.69, 9.17) is 0 Å². The van der Waals surface area contributed by atoms with Crippen LogP contribution in [-0.4, -0.2) is 11.2 Å². The zero-order chi connectivity index (χ0) is 12.2. The van der Waals surface area contributed by atoms with Crippen LogP contribution in [0.25, 0.3) is 0 Å². The summed E-state index contributed by atoms with van der Waals surface area (Å²) in [5.41, 5.74) is 0.578. The second kappa shape index (κ2) is 3.98. The van der Waals surface area contributed by atoms with Crippen LogP contribution < -0.4 is 0 Å². The van der Waals surface area contributed by atoms with Gasteiger partial charge in [-0.3, -0.25) is 0 Å². The van der Waals surface area contributed by atoms with Crippen molar-refractivity contribution in [3.05, 3.63) is 0 Å². The summed E-state index contributed by atoms with van der Waals surface area (Å²) in [5.74, 6) is 4.60. The van der Waals surface area contributed by atoms with E-state index in [2.05, 4.69) is 20.8 Å². The highest BCUT2D eigenvalue weighted by Crippen LogP contribution is 2.63. The summed E-state index contributed by atoms with van der Waals surface area (Å²) in [6.07, 6.45) is 7.75. The molecule has 0 aromatic heterocycles. The van der Waals surface area contributed by atoms with Crippen molar-refractivity contribution in [1.29, 1.82) is 0 Å². The largest absolute Gasteiger partial charge is 0.393 e. The Balaban J connectivity index is 1.72. The minimum atomic E-state index is 0.0104. The van der Waals surface area contributed by atoms with Crippen molar-refractivity contribution >= 4 is 0 Å². The minimum absolute atomic E-state index is 0.0104. The predicted octanol–water partition coefficient (Wildman–Crippen LogP) is 3.86. The van der Waals surface area contributed by atoms with Gasteiger partial charge in [0.25, 0.3) is 0 Å². The minimum Gasteiger partial charge on any atom is -0.393 e. The maximum absolute atomic E-state index is 9.88. The molecule has 0 heterocycles. The Morgan fingerprint density at radius 1 is 1.00 bits per heavy atom. The van der Waals surface area contributed by atoms with E-state index in [1.54, 1.807) is 0 Å². The Bertz CT molecular complexity index is 292. The molecule has 3 aliphatic rings. The Morgan fingerprint density at radius 3 is 2.29 bits per heavy atom. The average molecular weight is 236 g/mol. The second-order valence-corrected chi connectivity index (χ2v) is 7.69. The fourth-order valence-electron chi connectivity index (χ4n) is 5.34. The first-order valence-corrected chi connectivity index (χ1v) is 7.68. The summed E-state index contributed by atoms with van der Waals surface area (Å²) in [6.45, 7) is 7.44. The van der Waals surface area contributed by atoms with Crippen LogP contribution in [0.3, 0.4) is 0 Å². The molecule has 0 aromatic rings. The van der Waals surface area contributed by atoms with Crippen LogP contribution in [0.5, 0.6) is 0 Å². The molecule has 0 aromatic carbocycles. The molecule has 0 radical (unpaired) electrons. The Kier molecular flexibility index (Phi) is 2.81. The summed E-state index contributed by atoms with van der Waals surface area (Å²) in [5, 5.41) is 9.88. The highest BCUT2D eigenvalue weighted by atomic mass is 16.3. The van der Waals surface area contributed by atoms with Crippen molar-refractivity contribution in [2.24, 2.45) is 35.0 Å². The van der Waals surface area contributed by atoms with E-state index in [1.807, 2.05) is 0 Å². The van der Waals surface area contributed by atoms with Crippen molar-refractivity contribution in [1.82, 2.24) is 0 Å². The van der Waals surface area contributed by atoms with Crippen LogP contribution in [0.1, 0.15) is 59.3 Å². The Labute approximate surface area is 106 Å². The SMILES string of the molecule is CC1C2CC(C[C@@H]2C2CCCC(O)C2)C1(C)C. The quantitative estimate of drug-likeness (QED) is 0.733. The van der Waals surface area contributed by atoms with Gasteiger partial charge in [-0.2, -0.15) is 0 Å². The first-order chi connectivity index (χ1) is 8.00. The smallest absolute Gasteiger partial charge is 0.0543 e. The molecule has 1 heteroatoms. The second-order valence-electron chi connectivity index (χ2n) is 7.69. The number of hydrogen-bond donors (Lipinski definition) is 1. The molecule has 3 aliphatic carbocycles. The van der Waals surface area contributed by atoms with Gasteiger partial charge in [0.05, 0.1) is 6.10 Å². The van der Waals surface area contributed by atoms with Crippen LogP contribution in [0.4, 0.5) is 0 Å². The number of aliphatic hydroxyl groups is 1. The van der Waals surface area contributed by atoms with Crippen LogP contribution in [-0.2, 0) is 0 Å². The van der Waals surface area contributed by atoms with Crippen LogP contribution in [0, 0.1) is 35.0 Å². The third-order valence-electron chi connectivity index (χ3n) is 6.82. The van der Waals surface area contributed by atoms with Gasteiger partial charge in [0, 0.05) is 0 Å². The molecule has 2 bridgehead atoms. The normalized spacial score (nSPS) is 52.9. The van der Waals surface area contributed by atoms with Crippen LogP contribution >= 0.6 is 0 Å². The molecule has 6 atom stereocenters. The Morgan fingerprint density at radius 2 is 1.71 bits per heavy atom. The molecule has 0 saturated heterocycles. The first kappa shape index (κ1) is 12.0. The molecule has 1 nitrogen and oxygen atoms in total. The molecular formula is C16H28O. The highest BCUT2D eigenvalue weighted by Gasteiger charge is 2.56. The number of fused-ring (bicyclic) bond motifs is 2. The molecule has 1 N–H and O–H groups in total. The van der Waals surface area contributed by atoms with Crippen LogP contribution in [0.2, 0.25) is 0 Å². The standard InChI is InChI=1S/C16H28O/c1-10-14-8-12(16(10,2)3)9-15(14)11-5-4-6-13(17)7-11/h10-15,17H,4-9H2,1-3H3/t10?,11?,12?,13?,14?,15-/m1/s1. The highest BCUT2D eigenvalue weighted by molar-refractivity contribution is 5.05. The van der Waals surface area contributed by atoms with Gasteiger partial charge in [0.2, 0.25) is 0 Å². The van der Waals surface area contributed by atoms with Crippen molar-refractivity contribution < 1.29 is 5.11 Å². The monoisotopic (exact) mass is 236 g/mol. The van der Waals surface area contributed by atoms with Gasteiger partial charge in [0.1, 0.15) is 0 Å². The summed E-state index contributed by atoms with van der Waals surface area (Å²) in [6, 6.07) is 0. The van der Waals surface area contributed by atoms with E-state index in [-0.39, 0.29) is 6.10 Å². The molecule has 17 heavy (non-hydrogen) atoms. The third-order valence-corrected chi connectivity index (χ3v) is 6.82. The lowest BCUT2D eigenvalue weighted by atomic mass is 9.62. The molecule has 5 unspecified atom stereocenters. The average Bonchev–Trinajstić information content (AvgIpc) is 2.79. The maximum atomic E-state index is 9.88. The molecular weight excluding hydrogens is 208 g/mol. The lowest BCUT2D eigenvalue weighted by Gasteiger charge is -2.44. The zero-order valence-electron chi connectivity index (χ0n) is 11.7. The predicted molar refractivity (Wildman–Crippen MR) is 70.6 cm³/mol. The lowest BCUT2D eigenvalue weighted by molar-refractivity contribution is 0.0247. The molecule has 98 valence electrons. The van der Waals surface area contributed by atoms with Crippen molar-refractivity contribution in [3.63, 3.8) is 0 Å². The van der Waals surface area contributed by atoms with E-state index < -0.39 is 0 Å². The fraction of sp³-hybridized carbons (Fsp3) is 1.00. The van der Waals surface area contributed by atoms with Gasteiger partial charge in [-0.15, -0.1) is 0 Å². The van der Waals surface area contributed by atoms with Gasteiger partial charge in [-0.1, -0.05) is 27.2 Å². The number of rotatable bonds is 1. The van der Waals surface area contributed by atoms with Gasteiger partial charge >= 0.3 is 0 Å². The molecule has 0 amide bonds. The Hall–Kier alpha value is -0.0400. The molecule has 0 aliphatic heterocycles. The lowest BCUT2D eigenvalue weighted by Crippen LogP contribution is -2.37. The zero-order valence-corrected chi connectivity index (χ0v) is 11.7. The van der Waals surface area contributed by atoms with Crippen molar-refractivity contribution in [3.8, 4) is 0 Å². The molecule has 3 rings (SSSR count). The van der Waals surface area contributed by atoms with E-state index >= 15 is 0 Å². The van der Waals surface area contributed by atoms with Gasteiger partial charge in [-0.25, -0.2) is 0 Å². The van der Waals surface area contributed by atoms with Gasteiger partial charge < -0.3 is 5.11 Å². The molecule has 3 saturated carbocycles. The van der Waals surface area contributed by atoms with Crippen LogP contribution in [0.15, 0.2) is 0 Å². The summed E-state index contributed by atoms with van der Waals surface area (Å²) >= 11 is 0. The molecule has 0 spiro atoms. The number of hydrogen-bond acceptors (Lipinski definition) is 1. The summed E-state index contributed by atoms with van der Waals surface area (Å²) in [4.78, 5) is 0.